The van der Waals surface area contributed by atoms with Gasteiger partial charge in [-0.25, -0.2) is 4.39 Å². The second-order valence-electron chi connectivity index (χ2n) is 4.52. The summed E-state index contributed by atoms with van der Waals surface area (Å²) in [5.74, 6) is -0.386. The molecule has 0 saturated heterocycles. The number of aryl methyl sites for hydroxylation is 1. The fraction of sp³-hybridized carbons (Fsp3) is 0.357. The molecule has 1 heterocycles. The van der Waals surface area contributed by atoms with Crippen molar-refractivity contribution in [3.63, 3.8) is 0 Å². The maximum Gasteiger partial charge on any atom is 0.129 e. The Kier molecular flexibility index (Phi) is 3.48. The summed E-state index contributed by atoms with van der Waals surface area (Å²) < 4.78 is 15.3. The molecule has 1 atom stereocenters. The smallest absolute Gasteiger partial charge is 0.129 e. The number of aromatic nitrogens is 2. The molecule has 0 amide bonds. The van der Waals surface area contributed by atoms with E-state index in [0.717, 1.165) is 17.0 Å². The zero-order valence-corrected chi connectivity index (χ0v) is 10.8. The summed E-state index contributed by atoms with van der Waals surface area (Å²) in [6.45, 7) is 6.13. The van der Waals surface area contributed by atoms with Gasteiger partial charge in [0.05, 0.1) is 12.2 Å². The molecule has 0 aliphatic carbocycles. The maximum absolute atomic E-state index is 13.5. The standard InChI is InChI=1S/C14H17FN2O/c1-9-10(2)16-17(11(9)3)8-14(18)12-6-4-5-7-13(12)15/h4-7,14,18H,8H2,1-3H3. The zero-order chi connectivity index (χ0) is 13.3. The van der Waals surface area contributed by atoms with E-state index < -0.39 is 6.10 Å². The Bertz CT molecular complexity index is 563. The fourth-order valence-corrected chi connectivity index (χ4v) is 1.97. The van der Waals surface area contributed by atoms with Crippen molar-refractivity contribution in [1.29, 1.82) is 0 Å². The molecular formula is C14H17FN2O. The number of aliphatic hydroxyl groups is 1. The molecule has 0 spiro atoms. The van der Waals surface area contributed by atoms with Crippen LogP contribution in [0.4, 0.5) is 4.39 Å². The predicted octanol–water partition coefficient (Wildman–Crippen LogP) is 2.68. The summed E-state index contributed by atoms with van der Waals surface area (Å²) >= 11 is 0. The van der Waals surface area contributed by atoms with E-state index in [4.69, 9.17) is 0 Å². The van der Waals surface area contributed by atoms with E-state index in [1.54, 1.807) is 22.9 Å². The number of aliphatic hydroxyl groups excluding tert-OH is 1. The third-order valence-electron chi connectivity index (χ3n) is 3.35. The van der Waals surface area contributed by atoms with Gasteiger partial charge in [-0.2, -0.15) is 5.10 Å². The van der Waals surface area contributed by atoms with Crippen LogP contribution < -0.4 is 0 Å². The molecule has 0 bridgehead atoms. The third kappa shape index (κ3) is 2.29. The largest absolute Gasteiger partial charge is 0.386 e. The molecule has 0 radical (unpaired) electrons. The van der Waals surface area contributed by atoms with Crippen molar-refractivity contribution in [2.24, 2.45) is 0 Å². The van der Waals surface area contributed by atoms with Crippen molar-refractivity contribution in [2.75, 3.05) is 0 Å². The lowest BCUT2D eigenvalue weighted by atomic mass is 10.1. The summed E-state index contributed by atoms with van der Waals surface area (Å²) in [7, 11) is 0. The van der Waals surface area contributed by atoms with E-state index >= 15 is 0 Å². The second-order valence-corrected chi connectivity index (χ2v) is 4.52. The minimum atomic E-state index is -0.886. The van der Waals surface area contributed by atoms with Gasteiger partial charge >= 0.3 is 0 Å². The van der Waals surface area contributed by atoms with E-state index in [1.807, 2.05) is 20.8 Å². The van der Waals surface area contributed by atoms with Gasteiger partial charge in [0.1, 0.15) is 11.9 Å². The van der Waals surface area contributed by atoms with Crippen molar-refractivity contribution >= 4 is 0 Å². The van der Waals surface area contributed by atoms with Gasteiger partial charge in [0.2, 0.25) is 0 Å². The highest BCUT2D eigenvalue weighted by molar-refractivity contribution is 5.23. The number of rotatable bonds is 3. The number of hydrogen-bond acceptors (Lipinski definition) is 2. The molecule has 1 N–H and O–H groups in total. The molecular weight excluding hydrogens is 231 g/mol. The molecule has 4 heteroatoms. The van der Waals surface area contributed by atoms with Crippen molar-refractivity contribution in [3.8, 4) is 0 Å². The zero-order valence-electron chi connectivity index (χ0n) is 10.8. The second kappa shape index (κ2) is 4.90. The van der Waals surface area contributed by atoms with Crippen LogP contribution in [0, 0.1) is 26.6 Å². The van der Waals surface area contributed by atoms with Crippen LogP contribution in [-0.2, 0) is 6.54 Å². The normalized spacial score (nSPS) is 12.7. The van der Waals surface area contributed by atoms with Crippen LogP contribution >= 0.6 is 0 Å². The average Bonchev–Trinajstić information content (AvgIpc) is 2.57. The molecule has 0 aliphatic heterocycles. The molecule has 0 fully saturated rings. The minimum Gasteiger partial charge on any atom is -0.386 e. The highest BCUT2D eigenvalue weighted by atomic mass is 19.1. The Morgan fingerprint density at radius 2 is 1.94 bits per heavy atom. The molecule has 1 unspecified atom stereocenters. The van der Waals surface area contributed by atoms with E-state index in [9.17, 15) is 9.50 Å². The monoisotopic (exact) mass is 248 g/mol. The average molecular weight is 248 g/mol. The van der Waals surface area contributed by atoms with E-state index in [2.05, 4.69) is 5.10 Å². The molecule has 2 aromatic rings. The molecule has 1 aromatic carbocycles. The van der Waals surface area contributed by atoms with E-state index in [0.29, 0.717) is 5.56 Å². The quantitative estimate of drug-likeness (QED) is 0.906. The van der Waals surface area contributed by atoms with Crippen molar-refractivity contribution in [1.82, 2.24) is 9.78 Å². The van der Waals surface area contributed by atoms with Gasteiger partial charge in [-0.1, -0.05) is 18.2 Å². The minimum absolute atomic E-state index is 0.265. The van der Waals surface area contributed by atoms with Crippen LogP contribution in [0.25, 0.3) is 0 Å². The van der Waals surface area contributed by atoms with Crippen LogP contribution in [0.15, 0.2) is 24.3 Å². The molecule has 3 nitrogen and oxygen atoms in total. The Hall–Kier alpha value is -1.68. The molecule has 96 valence electrons. The van der Waals surface area contributed by atoms with Crippen molar-refractivity contribution in [3.05, 3.63) is 52.6 Å². The topological polar surface area (TPSA) is 38.0 Å². The summed E-state index contributed by atoms with van der Waals surface area (Å²) in [5, 5.41) is 14.4. The predicted molar refractivity (Wildman–Crippen MR) is 67.8 cm³/mol. The number of hydrogen-bond donors (Lipinski definition) is 1. The van der Waals surface area contributed by atoms with Gasteiger partial charge in [-0.15, -0.1) is 0 Å². The summed E-state index contributed by atoms with van der Waals surface area (Å²) in [6.07, 6.45) is -0.886. The van der Waals surface area contributed by atoms with Crippen molar-refractivity contribution in [2.45, 2.75) is 33.4 Å². The lowest BCUT2D eigenvalue weighted by Gasteiger charge is -2.13. The number of halogens is 1. The molecule has 1 aromatic heterocycles. The summed E-state index contributed by atoms with van der Waals surface area (Å²) in [5.41, 5.74) is 3.36. The van der Waals surface area contributed by atoms with Crippen LogP contribution in [0.3, 0.4) is 0 Å². The van der Waals surface area contributed by atoms with Crippen LogP contribution in [0.2, 0.25) is 0 Å². The maximum atomic E-state index is 13.5. The first-order chi connectivity index (χ1) is 8.50. The van der Waals surface area contributed by atoms with Gasteiger partial charge in [0.15, 0.2) is 0 Å². The Morgan fingerprint density at radius 1 is 1.28 bits per heavy atom. The van der Waals surface area contributed by atoms with E-state index in [-0.39, 0.29) is 12.4 Å². The first-order valence-electron chi connectivity index (χ1n) is 5.93. The van der Waals surface area contributed by atoms with Gasteiger partial charge in [-0.3, -0.25) is 4.68 Å². The van der Waals surface area contributed by atoms with Crippen LogP contribution in [-0.4, -0.2) is 14.9 Å². The molecule has 2 rings (SSSR count). The molecule has 0 aliphatic rings. The number of benzene rings is 1. The Labute approximate surface area is 106 Å². The van der Waals surface area contributed by atoms with Crippen LogP contribution in [0.1, 0.15) is 28.6 Å². The molecule has 0 saturated carbocycles. The fourth-order valence-electron chi connectivity index (χ4n) is 1.97. The summed E-state index contributed by atoms with van der Waals surface area (Å²) in [6, 6.07) is 6.27. The lowest BCUT2D eigenvalue weighted by Crippen LogP contribution is -2.12. The van der Waals surface area contributed by atoms with Gasteiger partial charge in [0.25, 0.3) is 0 Å². The van der Waals surface area contributed by atoms with Gasteiger partial charge in [-0.05, 0) is 32.4 Å². The highest BCUT2D eigenvalue weighted by Gasteiger charge is 2.15. The first kappa shape index (κ1) is 12.8. The van der Waals surface area contributed by atoms with Gasteiger partial charge < -0.3 is 5.11 Å². The van der Waals surface area contributed by atoms with Gasteiger partial charge in [0, 0.05) is 11.3 Å². The van der Waals surface area contributed by atoms with Crippen molar-refractivity contribution < 1.29 is 9.50 Å². The molecule has 18 heavy (non-hydrogen) atoms. The summed E-state index contributed by atoms with van der Waals surface area (Å²) in [4.78, 5) is 0. The Morgan fingerprint density at radius 3 is 2.50 bits per heavy atom. The first-order valence-corrected chi connectivity index (χ1v) is 5.93. The Balaban J connectivity index is 2.24. The SMILES string of the molecule is Cc1nn(CC(O)c2ccccc2F)c(C)c1C. The number of nitrogens with zero attached hydrogens (tertiary/aromatic N) is 2. The highest BCUT2D eigenvalue weighted by Crippen LogP contribution is 2.20. The third-order valence-corrected chi connectivity index (χ3v) is 3.35. The lowest BCUT2D eigenvalue weighted by molar-refractivity contribution is 0.146. The van der Waals surface area contributed by atoms with E-state index in [1.165, 1.54) is 6.07 Å². The van der Waals surface area contributed by atoms with Crippen LogP contribution in [0.5, 0.6) is 0 Å².